The van der Waals surface area contributed by atoms with Gasteiger partial charge in [-0.1, -0.05) is 318 Å². The molecule has 0 aromatic carbocycles. The Labute approximate surface area is 636 Å². The van der Waals surface area contributed by atoms with Gasteiger partial charge in [0.25, 0.3) is 0 Å². The second-order valence-corrected chi connectivity index (χ2v) is 30.3. The highest BCUT2D eigenvalue weighted by atomic mass is 16.8. The molecule has 3 aliphatic heterocycles. The number of aliphatic hydroxyl groups is 11. The fourth-order valence-electron chi connectivity index (χ4n) is 14.1. The molecule has 0 aromatic rings. The van der Waals surface area contributed by atoms with Crippen molar-refractivity contribution in [2.24, 2.45) is 0 Å². The van der Waals surface area contributed by atoms with Crippen molar-refractivity contribution < 1.29 is 89.4 Å². The molecule has 3 fully saturated rings. The van der Waals surface area contributed by atoms with Crippen LogP contribution >= 0.6 is 0 Å². The summed E-state index contributed by atoms with van der Waals surface area (Å²) in [6.07, 6.45) is 60.6. The first-order valence-corrected chi connectivity index (χ1v) is 42.7. The number of carbonyl (C=O) groups is 1. The van der Waals surface area contributed by atoms with Gasteiger partial charge in [0.2, 0.25) is 5.91 Å². The molecule has 3 aliphatic rings. The first-order chi connectivity index (χ1) is 51.3. The molecule has 0 aromatic heterocycles. The Hall–Kier alpha value is -2.77. The van der Waals surface area contributed by atoms with Gasteiger partial charge in [-0.2, -0.15) is 0 Å². The molecule has 19 nitrogen and oxygen atoms in total. The standard InChI is InChI=1S/C86H155NO18/c1-3-5-7-9-11-13-15-17-19-21-23-24-25-26-27-28-29-30-31-32-33-34-35-36-37-38-39-40-41-42-43-44-46-48-50-52-54-56-58-60-62-64-74(92)87-69(70(91)63-61-59-57-55-53-51-49-47-45-22-20-18-16-14-12-10-8-6-4-2)68-100-84-80(98)77(95)82(72(66-89)102-84)105-86-81(99)78(96)83(73(67-90)103-86)104-85-79(97)76(94)75(93)71(65-88)101-85/h15,17,21,23,25-26,45,47,53,55,61,63,69-73,75-86,88-91,93-99H,3-14,16,18-20,22,24,27-44,46,48-52,54,56-60,62,64-68H2,1-2H3,(H,87,92)/b17-15-,23-21-,26-25-,47-45+,55-53+,63-61+. The number of aliphatic hydroxyl groups excluding tert-OH is 11. The van der Waals surface area contributed by atoms with Crippen molar-refractivity contribution in [3.8, 4) is 0 Å². The predicted octanol–water partition coefficient (Wildman–Crippen LogP) is 15.2. The fourth-order valence-corrected chi connectivity index (χ4v) is 14.1. The Bertz CT molecular complexity index is 2180. The molecule has 105 heavy (non-hydrogen) atoms. The van der Waals surface area contributed by atoms with Crippen LogP contribution < -0.4 is 5.32 Å². The van der Waals surface area contributed by atoms with Crippen LogP contribution in [0.15, 0.2) is 72.9 Å². The van der Waals surface area contributed by atoms with Crippen LogP contribution in [0.1, 0.15) is 335 Å². The SMILES string of the molecule is CCCCCCC/C=C\C/C=C\C/C=C\CCCCCCCCCCCCCCCCCCCCCCCCCCCCC(=O)NC(COC1OC(CO)C(OC2OC(CO)C(OC3OC(CO)C(O)C(O)C3O)C(O)C2O)C(O)C1O)C(O)/C=C/CC/C=C/CC/C=C/CCCCCCCCCCC. The van der Waals surface area contributed by atoms with Gasteiger partial charge in [-0.3, -0.25) is 4.79 Å². The van der Waals surface area contributed by atoms with Crippen molar-refractivity contribution in [1.29, 1.82) is 0 Å². The van der Waals surface area contributed by atoms with E-state index in [2.05, 4.69) is 79.9 Å². The van der Waals surface area contributed by atoms with E-state index in [4.69, 9.17) is 28.4 Å². The van der Waals surface area contributed by atoms with Crippen molar-refractivity contribution in [3.63, 3.8) is 0 Å². The molecule has 0 spiro atoms. The smallest absolute Gasteiger partial charge is 0.220 e. The van der Waals surface area contributed by atoms with Crippen LogP contribution in [-0.4, -0.2) is 193 Å². The summed E-state index contributed by atoms with van der Waals surface area (Å²) in [5, 5.41) is 121. The lowest BCUT2D eigenvalue weighted by Gasteiger charge is -2.48. The fraction of sp³-hybridized carbons (Fsp3) is 0.849. The first-order valence-electron chi connectivity index (χ1n) is 42.7. The van der Waals surface area contributed by atoms with Gasteiger partial charge in [0.05, 0.1) is 38.6 Å². The Morgan fingerprint density at radius 1 is 0.343 bits per heavy atom. The molecule has 12 N–H and O–H groups in total. The van der Waals surface area contributed by atoms with E-state index in [9.17, 15) is 61.0 Å². The molecule has 17 unspecified atom stereocenters. The van der Waals surface area contributed by atoms with Crippen LogP contribution in [0.4, 0.5) is 0 Å². The lowest BCUT2D eigenvalue weighted by atomic mass is 9.96. The summed E-state index contributed by atoms with van der Waals surface area (Å²) < 4.78 is 34.4. The van der Waals surface area contributed by atoms with Gasteiger partial charge in [0, 0.05) is 6.42 Å². The molecule has 19 heteroatoms. The number of ether oxygens (including phenoxy) is 6. The quantitative estimate of drug-likeness (QED) is 0.0199. The van der Waals surface area contributed by atoms with Crippen LogP contribution in [-0.2, 0) is 33.2 Å². The van der Waals surface area contributed by atoms with Gasteiger partial charge in [-0.15, -0.1) is 0 Å². The number of hydrogen-bond donors (Lipinski definition) is 12. The van der Waals surface area contributed by atoms with E-state index < -0.39 is 124 Å². The lowest BCUT2D eigenvalue weighted by Crippen LogP contribution is -2.66. The van der Waals surface area contributed by atoms with Crippen molar-refractivity contribution in [1.82, 2.24) is 5.32 Å². The zero-order chi connectivity index (χ0) is 76.0. The Morgan fingerprint density at radius 2 is 0.638 bits per heavy atom. The molecule has 3 rings (SSSR count). The Kier molecular flexibility index (Phi) is 60.5. The third-order valence-corrected chi connectivity index (χ3v) is 21.0. The minimum absolute atomic E-state index is 0.234. The minimum atomic E-state index is -1.98. The van der Waals surface area contributed by atoms with Crippen LogP contribution in [0, 0.1) is 0 Å². The largest absolute Gasteiger partial charge is 0.394 e. The van der Waals surface area contributed by atoms with Gasteiger partial charge in [-0.05, 0) is 83.5 Å². The molecule has 0 radical (unpaired) electrons. The summed E-state index contributed by atoms with van der Waals surface area (Å²) in [6, 6.07) is -0.998. The first kappa shape index (κ1) is 96.4. The zero-order valence-corrected chi connectivity index (χ0v) is 65.7. The topological polar surface area (TPSA) is 307 Å². The van der Waals surface area contributed by atoms with Gasteiger partial charge < -0.3 is 89.9 Å². The number of unbranched alkanes of at least 4 members (excludes halogenated alkanes) is 42. The van der Waals surface area contributed by atoms with Gasteiger partial charge in [0.1, 0.15) is 73.2 Å². The van der Waals surface area contributed by atoms with Crippen LogP contribution in [0.2, 0.25) is 0 Å². The van der Waals surface area contributed by atoms with Crippen molar-refractivity contribution in [2.75, 3.05) is 26.4 Å². The maximum absolute atomic E-state index is 13.5. The molecule has 1 amide bonds. The van der Waals surface area contributed by atoms with Crippen molar-refractivity contribution >= 4 is 5.91 Å². The summed E-state index contributed by atoms with van der Waals surface area (Å²) in [7, 11) is 0. The highest BCUT2D eigenvalue weighted by Gasteiger charge is 2.54. The molecule has 0 saturated carbocycles. The predicted molar refractivity (Wildman–Crippen MR) is 420 cm³/mol. The van der Waals surface area contributed by atoms with E-state index in [0.717, 1.165) is 57.8 Å². The normalized spacial score (nSPS) is 26.1. The summed E-state index contributed by atoms with van der Waals surface area (Å²) in [4.78, 5) is 13.5. The molecular formula is C86H155NO18. The van der Waals surface area contributed by atoms with Crippen molar-refractivity contribution in [3.05, 3.63) is 72.9 Å². The lowest BCUT2D eigenvalue weighted by molar-refractivity contribution is -0.379. The van der Waals surface area contributed by atoms with Gasteiger partial charge in [-0.25, -0.2) is 0 Å². The second-order valence-electron chi connectivity index (χ2n) is 30.3. The van der Waals surface area contributed by atoms with E-state index in [1.54, 1.807) is 6.08 Å². The monoisotopic (exact) mass is 1490 g/mol. The molecule has 17 atom stereocenters. The summed E-state index contributed by atoms with van der Waals surface area (Å²) in [5.74, 6) is -0.285. The van der Waals surface area contributed by atoms with Crippen LogP contribution in [0.5, 0.6) is 0 Å². The second kappa shape index (κ2) is 65.9. The third-order valence-electron chi connectivity index (χ3n) is 21.0. The van der Waals surface area contributed by atoms with E-state index >= 15 is 0 Å². The van der Waals surface area contributed by atoms with Gasteiger partial charge >= 0.3 is 0 Å². The molecular weight excluding hydrogens is 1330 g/mol. The van der Waals surface area contributed by atoms with Crippen LogP contribution in [0.25, 0.3) is 0 Å². The maximum Gasteiger partial charge on any atom is 0.220 e. The van der Waals surface area contributed by atoms with E-state index in [-0.39, 0.29) is 18.9 Å². The third kappa shape index (κ3) is 45.4. The zero-order valence-electron chi connectivity index (χ0n) is 65.7. The summed E-state index contributed by atoms with van der Waals surface area (Å²) in [6.45, 7) is 1.72. The number of carbonyl (C=O) groups excluding carboxylic acids is 1. The summed E-state index contributed by atoms with van der Waals surface area (Å²) in [5.41, 5.74) is 0. The Balaban J connectivity index is 1.30. The minimum Gasteiger partial charge on any atom is -0.394 e. The van der Waals surface area contributed by atoms with E-state index in [0.29, 0.717) is 12.8 Å². The Morgan fingerprint density at radius 3 is 1.02 bits per heavy atom. The number of amides is 1. The molecule has 612 valence electrons. The maximum atomic E-state index is 13.5. The molecule has 3 heterocycles. The number of rotatable bonds is 68. The number of nitrogens with one attached hydrogen (secondary N) is 1. The molecule has 3 saturated heterocycles. The highest BCUT2D eigenvalue weighted by molar-refractivity contribution is 5.76. The number of hydrogen-bond acceptors (Lipinski definition) is 18. The molecule has 0 aliphatic carbocycles. The van der Waals surface area contributed by atoms with Crippen LogP contribution in [0.3, 0.4) is 0 Å². The summed E-state index contributed by atoms with van der Waals surface area (Å²) >= 11 is 0. The van der Waals surface area contributed by atoms with Crippen molar-refractivity contribution in [2.45, 2.75) is 439 Å². The number of allylic oxidation sites excluding steroid dienone is 11. The van der Waals surface area contributed by atoms with Gasteiger partial charge in [0.15, 0.2) is 18.9 Å². The van der Waals surface area contributed by atoms with E-state index in [1.165, 1.54) is 244 Å². The molecule has 0 bridgehead atoms. The average Bonchev–Trinajstić information content (AvgIpc) is 0.781. The average molecular weight is 1490 g/mol. The van der Waals surface area contributed by atoms with E-state index in [1.807, 2.05) is 6.08 Å². The highest BCUT2D eigenvalue weighted by Crippen LogP contribution is 2.33.